The highest BCUT2D eigenvalue weighted by Crippen LogP contribution is 2.33. The summed E-state index contributed by atoms with van der Waals surface area (Å²) in [5.41, 5.74) is 5.90. The molecule has 1 radical (unpaired) electrons. The fourth-order valence-corrected chi connectivity index (χ4v) is 3.06. The first kappa shape index (κ1) is 15.0. The zero-order valence-corrected chi connectivity index (χ0v) is 12.0. The lowest BCUT2D eigenvalue weighted by atomic mass is 10.2. The number of hydrogen-bond acceptors (Lipinski definition) is 4. The second-order valence-corrected chi connectivity index (χ2v) is 7.13. The Hall–Kier alpha value is -1.07. The fourth-order valence-electron chi connectivity index (χ4n) is 1.34. The summed E-state index contributed by atoms with van der Waals surface area (Å²) < 4.78 is 5.42. The molecule has 0 spiro atoms. The van der Waals surface area contributed by atoms with E-state index in [0.29, 0.717) is 18.1 Å². The summed E-state index contributed by atoms with van der Waals surface area (Å²) in [6, 6.07) is 6.64. The van der Waals surface area contributed by atoms with Gasteiger partial charge in [-0.15, -0.1) is 10.9 Å². The molecule has 0 fully saturated rings. The summed E-state index contributed by atoms with van der Waals surface area (Å²) in [6.07, 6.45) is 1.71. The summed E-state index contributed by atoms with van der Waals surface area (Å²) in [6.45, 7) is 6.09. The number of nitrogens with two attached hydrogens (primary N) is 1. The molecule has 5 heteroatoms. The summed E-state index contributed by atoms with van der Waals surface area (Å²) in [5, 5.41) is -0.151. The number of ether oxygens (including phenoxy) is 1. The van der Waals surface area contributed by atoms with Crippen molar-refractivity contribution in [1.82, 2.24) is 4.98 Å². The van der Waals surface area contributed by atoms with Gasteiger partial charge in [-0.05, 0) is 32.6 Å². The lowest BCUT2D eigenvalue weighted by Crippen LogP contribution is -2.25. The van der Waals surface area contributed by atoms with Gasteiger partial charge in [0.25, 0.3) is 0 Å². The van der Waals surface area contributed by atoms with Crippen LogP contribution < -0.4 is 5.73 Å². The Kier molecular flexibility index (Phi) is 5.62. The minimum Gasteiger partial charge on any atom is -0.453 e. The van der Waals surface area contributed by atoms with E-state index in [9.17, 15) is 4.79 Å². The van der Waals surface area contributed by atoms with Crippen molar-refractivity contribution >= 4 is 16.2 Å². The van der Waals surface area contributed by atoms with Crippen LogP contribution in [0.4, 0.5) is 4.79 Å². The van der Waals surface area contributed by atoms with Crippen molar-refractivity contribution in [1.29, 1.82) is 0 Å². The van der Waals surface area contributed by atoms with Crippen LogP contribution in [0.25, 0.3) is 0 Å². The molecule has 0 aliphatic heterocycles. The maximum Gasteiger partial charge on any atom is 0.347 e. The third-order valence-corrected chi connectivity index (χ3v) is 4.14. The van der Waals surface area contributed by atoms with Crippen LogP contribution in [0.2, 0.25) is 0 Å². The molecule has 1 heterocycles. The molecule has 0 saturated heterocycles. The van der Waals surface area contributed by atoms with Crippen molar-refractivity contribution in [3.05, 3.63) is 30.1 Å². The number of hydrogen-bond donors (Lipinski definition) is 2. The van der Waals surface area contributed by atoms with Crippen molar-refractivity contribution in [3.63, 3.8) is 0 Å². The molecule has 4 nitrogen and oxygen atoms in total. The number of nitrogens with zero attached hydrogens (tertiary/aromatic N) is 1. The maximum atomic E-state index is 12.1. The normalized spacial score (nSPS) is 14.1. The monoisotopic (exact) mass is 269 g/mol. The van der Waals surface area contributed by atoms with Crippen molar-refractivity contribution in [2.24, 2.45) is 5.73 Å². The Morgan fingerprint density at radius 1 is 1.56 bits per heavy atom. The molecule has 0 aliphatic carbocycles. The number of carbonyl (C=O) groups is 1. The van der Waals surface area contributed by atoms with E-state index >= 15 is 0 Å². The van der Waals surface area contributed by atoms with Crippen LogP contribution >= 0.6 is 10.9 Å². The third kappa shape index (κ3) is 5.51. The summed E-state index contributed by atoms with van der Waals surface area (Å²) >= 11 is 0. The minimum absolute atomic E-state index is 0.151. The highest BCUT2D eigenvalue weighted by molar-refractivity contribution is 8.28. The molecule has 101 valence electrons. The summed E-state index contributed by atoms with van der Waals surface area (Å²) in [4.78, 5) is 16.3. The van der Waals surface area contributed by atoms with Crippen LogP contribution in [-0.2, 0) is 10.5 Å². The zero-order chi connectivity index (χ0) is 13.6. The topological polar surface area (TPSA) is 65.2 Å². The SMILES string of the molecule is CC(C)(C)OC(=O)[SH](CCN)Cc1[c]cccn1. The predicted molar refractivity (Wildman–Crippen MR) is 75.9 cm³/mol. The Balaban J connectivity index is 2.68. The molecular formula is C13H21N2O2S. The number of carbonyl (C=O) groups excluding carboxylic acids is 1. The van der Waals surface area contributed by atoms with Crippen molar-refractivity contribution in [3.8, 4) is 0 Å². The first-order valence-electron chi connectivity index (χ1n) is 5.92. The number of pyridine rings is 1. The first-order chi connectivity index (χ1) is 8.42. The van der Waals surface area contributed by atoms with Crippen molar-refractivity contribution in [2.45, 2.75) is 32.1 Å². The standard InChI is InChI=1S/C13H21N2O2S/c1-13(2,3)17-12(16)18(9-7-14)10-11-6-4-5-8-15-11/h4-5,8,18H,7,9-10,14H2,1-3H3. The van der Waals surface area contributed by atoms with Gasteiger partial charge in [-0.25, -0.2) is 4.79 Å². The van der Waals surface area contributed by atoms with Crippen LogP contribution in [0.15, 0.2) is 18.3 Å². The minimum atomic E-state index is -0.942. The lowest BCUT2D eigenvalue weighted by molar-refractivity contribution is 0.0733. The van der Waals surface area contributed by atoms with Crippen LogP contribution in [0, 0.1) is 6.07 Å². The van der Waals surface area contributed by atoms with Gasteiger partial charge in [0.05, 0.1) is 5.69 Å². The smallest absolute Gasteiger partial charge is 0.347 e. The molecule has 0 aromatic carbocycles. The van der Waals surface area contributed by atoms with Crippen LogP contribution in [0.3, 0.4) is 0 Å². The maximum absolute atomic E-state index is 12.1. The number of aromatic nitrogens is 1. The van der Waals surface area contributed by atoms with E-state index in [1.54, 1.807) is 12.3 Å². The van der Waals surface area contributed by atoms with Crippen LogP contribution in [0.1, 0.15) is 26.5 Å². The lowest BCUT2D eigenvalue weighted by Gasteiger charge is -2.25. The average molecular weight is 269 g/mol. The molecule has 0 amide bonds. The van der Waals surface area contributed by atoms with E-state index in [1.807, 2.05) is 26.8 Å². The first-order valence-corrected chi connectivity index (χ1v) is 7.63. The Morgan fingerprint density at radius 2 is 2.28 bits per heavy atom. The highest BCUT2D eigenvalue weighted by atomic mass is 32.2. The molecule has 1 atom stereocenters. The molecule has 18 heavy (non-hydrogen) atoms. The molecule has 1 unspecified atom stereocenters. The van der Waals surface area contributed by atoms with E-state index in [0.717, 1.165) is 5.69 Å². The summed E-state index contributed by atoms with van der Waals surface area (Å²) in [7, 11) is -0.942. The van der Waals surface area contributed by atoms with Gasteiger partial charge in [-0.3, -0.25) is 4.98 Å². The van der Waals surface area contributed by atoms with E-state index in [4.69, 9.17) is 10.5 Å². The van der Waals surface area contributed by atoms with Crippen molar-refractivity contribution < 1.29 is 9.53 Å². The fraction of sp³-hybridized carbons (Fsp3) is 0.538. The molecule has 2 N–H and O–H groups in total. The molecule has 0 bridgehead atoms. The highest BCUT2D eigenvalue weighted by Gasteiger charge is 2.22. The van der Waals surface area contributed by atoms with E-state index in [1.165, 1.54) is 0 Å². The second kappa shape index (κ2) is 6.75. The summed E-state index contributed by atoms with van der Waals surface area (Å²) in [5.74, 6) is 1.25. The Labute approximate surface area is 111 Å². The quantitative estimate of drug-likeness (QED) is 0.650. The molecule has 0 saturated carbocycles. The largest absolute Gasteiger partial charge is 0.453 e. The average Bonchev–Trinajstić information content (AvgIpc) is 2.27. The van der Waals surface area contributed by atoms with E-state index in [2.05, 4.69) is 11.1 Å². The van der Waals surface area contributed by atoms with Gasteiger partial charge in [0, 0.05) is 24.6 Å². The molecule has 0 aliphatic rings. The molecule has 1 aromatic rings. The third-order valence-electron chi connectivity index (χ3n) is 2.05. The van der Waals surface area contributed by atoms with E-state index < -0.39 is 16.5 Å². The molecular weight excluding hydrogens is 248 g/mol. The van der Waals surface area contributed by atoms with Gasteiger partial charge in [-0.2, -0.15) is 0 Å². The Bertz CT molecular complexity index is 376. The molecule has 1 rings (SSSR count). The van der Waals surface area contributed by atoms with Gasteiger partial charge < -0.3 is 10.5 Å². The number of rotatable bonds is 4. The second-order valence-electron chi connectivity index (χ2n) is 4.92. The zero-order valence-electron chi connectivity index (χ0n) is 11.1. The Morgan fingerprint density at radius 3 is 2.78 bits per heavy atom. The van der Waals surface area contributed by atoms with Crippen LogP contribution in [0.5, 0.6) is 0 Å². The van der Waals surface area contributed by atoms with Gasteiger partial charge in [0.1, 0.15) is 5.60 Å². The van der Waals surface area contributed by atoms with Gasteiger partial charge in [0.15, 0.2) is 0 Å². The van der Waals surface area contributed by atoms with Crippen molar-refractivity contribution in [2.75, 3.05) is 12.3 Å². The number of thiol groups is 1. The van der Waals surface area contributed by atoms with Gasteiger partial charge in [-0.1, -0.05) is 6.07 Å². The van der Waals surface area contributed by atoms with E-state index in [-0.39, 0.29) is 5.30 Å². The molecule has 1 aromatic heterocycles. The van der Waals surface area contributed by atoms with Crippen LogP contribution in [-0.4, -0.2) is 28.2 Å². The van der Waals surface area contributed by atoms with Gasteiger partial charge in [0.2, 0.25) is 0 Å². The predicted octanol–water partition coefficient (Wildman–Crippen LogP) is 2.28. The van der Waals surface area contributed by atoms with Gasteiger partial charge >= 0.3 is 5.30 Å².